The summed E-state index contributed by atoms with van der Waals surface area (Å²) in [5.41, 5.74) is 1.01. The lowest BCUT2D eigenvalue weighted by Crippen LogP contribution is -2.54. The van der Waals surface area contributed by atoms with Crippen molar-refractivity contribution < 1.29 is 9.59 Å². The normalized spacial score (nSPS) is 16.2. The summed E-state index contributed by atoms with van der Waals surface area (Å²) in [5, 5.41) is 2.95. The highest BCUT2D eigenvalue weighted by Gasteiger charge is 2.35. The molecular weight excluding hydrogens is 411 g/mol. The Labute approximate surface area is 170 Å². The number of nitrogens with one attached hydrogen (secondary N) is 1. The minimum Gasteiger partial charge on any atom is -0.298 e. The third kappa shape index (κ3) is 3.64. The highest BCUT2D eigenvalue weighted by atomic mass is 35.5. The van der Waals surface area contributed by atoms with Crippen LogP contribution in [0.25, 0.3) is 6.08 Å². The van der Waals surface area contributed by atoms with Gasteiger partial charge in [-0.3, -0.25) is 19.8 Å². The van der Waals surface area contributed by atoms with E-state index in [1.54, 1.807) is 30.0 Å². The van der Waals surface area contributed by atoms with Gasteiger partial charge in [-0.2, -0.15) is 0 Å². The van der Waals surface area contributed by atoms with Crippen molar-refractivity contribution in [2.45, 2.75) is 4.90 Å². The summed E-state index contributed by atoms with van der Waals surface area (Å²) in [6.45, 7) is 0. The maximum Gasteiger partial charge on any atom is 0.270 e. The molecule has 0 unspecified atom stereocenters. The van der Waals surface area contributed by atoms with Gasteiger partial charge in [0, 0.05) is 4.90 Å². The van der Waals surface area contributed by atoms with Gasteiger partial charge < -0.3 is 0 Å². The zero-order valence-electron chi connectivity index (χ0n) is 13.5. The average molecular weight is 423 g/mol. The van der Waals surface area contributed by atoms with Crippen LogP contribution in [0.1, 0.15) is 5.56 Å². The summed E-state index contributed by atoms with van der Waals surface area (Å²) >= 11 is 19.0. The second-order valence-electron chi connectivity index (χ2n) is 5.30. The number of amides is 2. The van der Waals surface area contributed by atoms with Crippen LogP contribution >= 0.6 is 47.2 Å². The molecule has 1 saturated heterocycles. The fraction of sp³-hybridized carbons (Fsp3) is 0.0556. The Bertz CT molecular complexity index is 943. The molecule has 1 aliphatic rings. The molecule has 1 fully saturated rings. The number of rotatable bonds is 3. The van der Waals surface area contributed by atoms with Crippen molar-refractivity contribution in [2.75, 3.05) is 11.2 Å². The van der Waals surface area contributed by atoms with E-state index in [-0.39, 0.29) is 20.7 Å². The standard InChI is InChI=1S/C18H12Cl2N2O2S2/c1-26-11-7-5-10(6-8-11)9-12-16(23)21-18(25)22(17(12)24)14-4-2-3-13(19)15(14)20/h2-9H,1H3,(H,21,23,25)/b12-9+. The minimum atomic E-state index is -0.558. The topological polar surface area (TPSA) is 49.4 Å². The summed E-state index contributed by atoms with van der Waals surface area (Å²) in [7, 11) is 0. The highest BCUT2D eigenvalue weighted by molar-refractivity contribution is 7.98. The molecule has 0 radical (unpaired) electrons. The number of benzene rings is 2. The Hall–Kier alpha value is -1.86. The lowest BCUT2D eigenvalue weighted by atomic mass is 10.1. The van der Waals surface area contributed by atoms with Crippen molar-refractivity contribution in [1.82, 2.24) is 5.32 Å². The Morgan fingerprint density at radius 2 is 1.81 bits per heavy atom. The fourth-order valence-electron chi connectivity index (χ4n) is 2.41. The number of carbonyl (C=O) groups excluding carboxylic acids is 2. The molecule has 2 aromatic rings. The number of halogens is 2. The van der Waals surface area contributed by atoms with Crippen molar-refractivity contribution in [3.63, 3.8) is 0 Å². The zero-order valence-corrected chi connectivity index (χ0v) is 16.6. The Kier molecular flexibility index (Phi) is 5.67. The number of thiocarbonyl (C=S) groups is 1. The number of anilines is 1. The predicted octanol–water partition coefficient (Wildman–Crippen LogP) is 4.55. The first-order valence-corrected chi connectivity index (χ1v) is 9.81. The first kappa shape index (κ1) is 18.9. The Balaban J connectivity index is 2.02. The first-order valence-electron chi connectivity index (χ1n) is 7.42. The van der Waals surface area contributed by atoms with E-state index < -0.39 is 11.8 Å². The summed E-state index contributed by atoms with van der Waals surface area (Å²) in [6, 6.07) is 12.4. The summed E-state index contributed by atoms with van der Waals surface area (Å²) in [4.78, 5) is 27.5. The Morgan fingerprint density at radius 1 is 1.12 bits per heavy atom. The van der Waals surface area contributed by atoms with E-state index in [1.165, 1.54) is 11.0 Å². The monoisotopic (exact) mass is 422 g/mol. The van der Waals surface area contributed by atoms with E-state index >= 15 is 0 Å². The van der Waals surface area contributed by atoms with Gasteiger partial charge in [-0.05, 0) is 54.4 Å². The predicted molar refractivity (Wildman–Crippen MR) is 111 cm³/mol. The molecule has 0 saturated carbocycles. The van der Waals surface area contributed by atoms with Crippen LogP contribution in [0.2, 0.25) is 10.0 Å². The van der Waals surface area contributed by atoms with Crippen molar-refractivity contribution in [3.8, 4) is 0 Å². The van der Waals surface area contributed by atoms with Gasteiger partial charge in [0.2, 0.25) is 0 Å². The molecule has 0 aromatic heterocycles. The number of nitrogens with zero attached hydrogens (tertiary/aromatic N) is 1. The van der Waals surface area contributed by atoms with Gasteiger partial charge in [0.25, 0.3) is 11.8 Å². The van der Waals surface area contributed by atoms with E-state index in [9.17, 15) is 9.59 Å². The van der Waals surface area contributed by atoms with Gasteiger partial charge in [-0.25, -0.2) is 0 Å². The van der Waals surface area contributed by atoms with E-state index in [0.29, 0.717) is 5.69 Å². The van der Waals surface area contributed by atoms with E-state index in [2.05, 4.69) is 5.32 Å². The lowest BCUT2D eigenvalue weighted by Gasteiger charge is -2.29. The summed E-state index contributed by atoms with van der Waals surface area (Å²) < 4.78 is 0. The largest absolute Gasteiger partial charge is 0.298 e. The van der Waals surface area contributed by atoms with Crippen LogP contribution in [0, 0.1) is 0 Å². The molecule has 0 bridgehead atoms. The molecule has 26 heavy (non-hydrogen) atoms. The van der Waals surface area contributed by atoms with Crippen LogP contribution in [0.5, 0.6) is 0 Å². The highest BCUT2D eigenvalue weighted by Crippen LogP contribution is 2.34. The molecule has 0 atom stereocenters. The molecule has 132 valence electrons. The van der Waals surface area contributed by atoms with Crippen LogP contribution in [-0.2, 0) is 9.59 Å². The molecule has 4 nitrogen and oxygen atoms in total. The van der Waals surface area contributed by atoms with Gasteiger partial charge in [0.15, 0.2) is 5.11 Å². The fourth-order valence-corrected chi connectivity index (χ4v) is 3.47. The van der Waals surface area contributed by atoms with E-state index in [1.807, 2.05) is 30.5 Å². The lowest BCUT2D eigenvalue weighted by molar-refractivity contribution is -0.122. The van der Waals surface area contributed by atoms with Crippen LogP contribution < -0.4 is 10.2 Å². The maximum absolute atomic E-state index is 12.9. The average Bonchev–Trinajstić information content (AvgIpc) is 2.62. The van der Waals surface area contributed by atoms with Crippen LogP contribution in [0.15, 0.2) is 52.9 Å². The SMILES string of the molecule is CSc1ccc(/C=C2\C(=O)NC(=S)N(c3cccc(Cl)c3Cl)C2=O)cc1. The van der Waals surface area contributed by atoms with Crippen molar-refractivity contribution in [2.24, 2.45) is 0 Å². The molecule has 2 aromatic carbocycles. The maximum atomic E-state index is 12.9. The van der Waals surface area contributed by atoms with Crippen molar-refractivity contribution >= 4 is 75.9 Å². The smallest absolute Gasteiger partial charge is 0.270 e. The van der Waals surface area contributed by atoms with Gasteiger partial charge in [-0.15, -0.1) is 11.8 Å². The third-order valence-corrected chi connectivity index (χ3v) is 5.54. The van der Waals surface area contributed by atoms with Crippen LogP contribution in [-0.4, -0.2) is 23.2 Å². The Morgan fingerprint density at radius 3 is 2.46 bits per heavy atom. The molecule has 0 spiro atoms. The van der Waals surface area contributed by atoms with Crippen LogP contribution in [0.3, 0.4) is 0 Å². The number of hydrogen-bond acceptors (Lipinski definition) is 4. The number of hydrogen-bond donors (Lipinski definition) is 1. The summed E-state index contributed by atoms with van der Waals surface area (Å²) in [5.74, 6) is -1.11. The first-order chi connectivity index (χ1) is 12.4. The minimum absolute atomic E-state index is 0.0356. The van der Waals surface area contributed by atoms with E-state index in [4.69, 9.17) is 35.4 Å². The van der Waals surface area contributed by atoms with Gasteiger partial charge in [0.1, 0.15) is 5.57 Å². The summed E-state index contributed by atoms with van der Waals surface area (Å²) in [6.07, 6.45) is 3.49. The van der Waals surface area contributed by atoms with Gasteiger partial charge in [-0.1, -0.05) is 41.4 Å². The number of carbonyl (C=O) groups is 2. The molecule has 0 aliphatic carbocycles. The molecule has 1 aliphatic heterocycles. The molecule has 2 amide bonds. The van der Waals surface area contributed by atoms with Crippen molar-refractivity contribution in [3.05, 3.63) is 63.6 Å². The van der Waals surface area contributed by atoms with Gasteiger partial charge in [0.05, 0.1) is 15.7 Å². The van der Waals surface area contributed by atoms with Gasteiger partial charge >= 0.3 is 0 Å². The quantitative estimate of drug-likeness (QED) is 0.341. The second kappa shape index (κ2) is 7.80. The van der Waals surface area contributed by atoms with Crippen LogP contribution in [0.4, 0.5) is 5.69 Å². The third-order valence-electron chi connectivity index (χ3n) is 3.70. The number of thioether (sulfide) groups is 1. The van der Waals surface area contributed by atoms with Crippen molar-refractivity contribution in [1.29, 1.82) is 0 Å². The molecule has 1 heterocycles. The zero-order chi connectivity index (χ0) is 18.8. The van der Waals surface area contributed by atoms with E-state index in [0.717, 1.165) is 10.5 Å². The molecule has 8 heteroatoms. The molecule has 3 rings (SSSR count). The second-order valence-corrected chi connectivity index (χ2v) is 7.36. The molecule has 1 N–H and O–H groups in total. The molecular formula is C18H12Cl2N2O2S2.